The van der Waals surface area contributed by atoms with Crippen LogP contribution in [0.5, 0.6) is 0 Å². The van der Waals surface area contributed by atoms with Crippen molar-refractivity contribution in [3.05, 3.63) is 35.9 Å². The summed E-state index contributed by atoms with van der Waals surface area (Å²) in [7, 11) is 0. The number of carbonyl (C=O) groups excluding carboxylic acids is 2. The maximum Gasteiger partial charge on any atom is 0.410 e. The van der Waals surface area contributed by atoms with E-state index in [1.54, 1.807) is 4.90 Å². The van der Waals surface area contributed by atoms with Crippen LogP contribution in [-0.4, -0.2) is 41.3 Å². The zero-order chi connectivity index (χ0) is 18.9. The summed E-state index contributed by atoms with van der Waals surface area (Å²) >= 11 is 0. The Labute approximate surface area is 154 Å². The Balaban J connectivity index is 1.58. The highest BCUT2D eigenvalue weighted by molar-refractivity contribution is 5.71. The third-order valence-corrected chi connectivity index (χ3v) is 5.19. The van der Waals surface area contributed by atoms with E-state index in [2.05, 4.69) is 12.2 Å². The molecule has 142 valence electrons. The van der Waals surface area contributed by atoms with Crippen molar-refractivity contribution < 1.29 is 19.1 Å². The molecule has 2 fully saturated rings. The fourth-order valence-electron chi connectivity index (χ4n) is 4.07. The van der Waals surface area contributed by atoms with E-state index in [1.807, 2.05) is 51.1 Å². The van der Waals surface area contributed by atoms with E-state index in [4.69, 9.17) is 9.47 Å². The molecule has 0 radical (unpaired) electrons. The van der Waals surface area contributed by atoms with Gasteiger partial charge in [-0.25, -0.2) is 9.59 Å². The van der Waals surface area contributed by atoms with Gasteiger partial charge in [-0.15, -0.1) is 0 Å². The SMILES string of the molecule is CC1C[C@]2(NC(=O)OC(C)(C)C)CN(C(=O)OCc3ccccc3)CC12. The number of likely N-dealkylation sites (tertiary alicyclic amines) is 1. The second-order valence-corrected chi connectivity index (χ2v) is 8.49. The van der Waals surface area contributed by atoms with Crippen LogP contribution in [0.3, 0.4) is 0 Å². The molecule has 1 aromatic rings. The summed E-state index contributed by atoms with van der Waals surface area (Å²) in [5.41, 5.74) is 0.0180. The first-order valence-corrected chi connectivity index (χ1v) is 9.15. The van der Waals surface area contributed by atoms with Gasteiger partial charge in [0.05, 0.1) is 5.54 Å². The number of benzene rings is 1. The number of hydrogen-bond acceptors (Lipinski definition) is 4. The zero-order valence-electron chi connectivity index (χ0n) is 16.0. The van der Waals surface area contributed by atoms with Crippen LogP contribution >= 0.6 is 0 Å². The molecule has 0 aromatic heterocycles. The fraction of sp³-hybridized carbons (Fsp3) is 0.600. The summed E-state index contributed by atoms with van der Waals surface area (Å²) in [6.45, 7) is 8.99. The summed E-state index contributed by atoms with van der Waals surface area (Å²) in [5.74, 6) is 0.691. The van der Waals surface area contributed by atoms with E-state index in [0.29, 0.717) is 19.0 Å². The number of ether oxygens (including phenoxy) is 2. The highest BCUT2D eigenvalue weighted by Gasteiger charge is 2.59. The molecular formula is C20H28N2O4. The molecule has 1 N–H and O–H groups in total. The van der Waals surface area contributed by atoms with E-state index in [9.17, 15) is 9.59 Å². The summed E-state index contributed by atoms with van der Waals surface area (Å²) in [5, 5.41) is 3.03. The Kier molecular flexibility index (Phi) is 4.86. The average molecular weight is 360 g/mol. The van der Waals surface area contributed by atoms with Crippen molar-refractivity contribution in [3.8, 4) is 0 Å². The molecule has 6 heteroatoms. The summed E-state index contributed by atoms with van der Waals surface area (Å²) in [6.07, 6.45) is 0.0917. The zero-order valence-corrected chi connectivity index (χ0v) is 16.0. The largest absolute Gasteiger partial charge is 0.445 e. The smallest absolute Gasteiger partial charge is 0.410 e. The van der Waals surface area contributed by atoms with Crippen molar-refractivity contribution in [3.63, 3.8) is 0 Å². The molecule has 1 heterocycles. The van der Waals surface area contributed by atoms with Crippen LogP contribution in [-0.2, 0) is 16.1 Å². The molecule has 0 bridgehead atoms. The van der Waals surface area contributed by atoms with Crippen LogP contribution in [0.1, 0.15) is 39.7 Å². The van der Waals surface area contributed by atoms with Gasteiger partial charge in [-0.1, -0.05) is 37.3 Å². The van der Waals surface area contributed by atoms with Crippen molar-refractivity contribution in [2.24, 2.45) is 11.8 Å². The minimum absolute atomic E-state index is 0.235. The van der Waals surface area contributed by atoms with Crippen molar-refractivity contribution in [2.75, 3.05) is 13.1 Å². The molecule has 2 unspecified atom stereocenters. The summed E-state index contributed by atoms with van der Waals surface area (Å²) in [6, 6.07) is 9.61. The first-order valence-electron chi connectivity index (χ1n) is 9.15. The van der Waals surface area contributed by atoms with Gasteiger partial charge in [0.2, 0.25) is 0 Å². The number of fused-ring (bicyclic) bond motifs is 1. The van der Waals surface area contributed by atoms with Crippen LogP contribution < -0.4 is 5.32 Å². The molecular weight excluding hydrogens is 332 g/mol. The Morgan fingerprint density at radius 1 is 1.27 bits per heavy atom. The number of carbonyl (C=O) groups is 2. The molecule has 2 amide bonds. The molecule has 6 nitrogen and oxygen atoms in total. The van der Waals surface area contributed by atoms with Gasteiger partial charge in [0.15, 0.2) is 0 Å². The number of alkyl carbamates (subject to hydrolysis) is 1. The van der Waals surface area contributed by atoms with Crippen LogP contribution in [0.4, 0.5) is 9.59 Å². The maximum atomic E-state index is 12.5. The molecule has 2 aliphatic rings. The number of hydrogen-bond donors (Lipinski definition) is 1. The highest BCUT2D eigenvalue weighted by Crippen LogP contribution is 2.49. The standard InChI is InChI=1S/C20H28N2O4/c1-14-10-20(21-17(23)26-19(2,3)4)13-22(11-16(14)20)18(24)25-12-15-8-6-5-7-9-15/h5-9,14,16H,10-13H2,1-4H3,(H,21,23)/t14?,16?,20-/m0/s1. The monoisotopic (exact) mass is 360 g/mol. The molecule has 1 saturated heterocycles. The molecule has 3 atom stereocenters. The quantitative estimate of drug-likeness (QED) is 0.895. The van der Waals surface area contributed by atoms with Crippen molar-refractivity contribution in [1.82, 2.24) is 10.2 Å². The molecule has 1 aliphatic carbocycles. The topological polar surface area (TPSA) is 67.9 Å². The maximum absolute atomic E-state index is 12.5. The molecule has 26 heavy (non-hydrogen) atoms. The van der Waals surface area contributed by atoms with Crippen molar-refractivity contribution >= 4 is 12.2 Å². The number of nitrogens with one attached hydrogen (secondary N) is 1. The highest BCUT2D eigenvalue weighted by atomic mass is 16.6. The number of amides is 2. The van der Waals surface area contributed by atoms with Gasteiger partial charge in [0, 0.05) is 19.0 Å². The summed E-state index contributed by atoms with van der Waals surface area (Å²) < 4.78 is 10.8. The van der Waals surface area contributed by atoms with E-state index in [-0.39, 0.29) is 18.6 Å². The average Bonchev–Trinajstić information content (AvgIpc) is 2.84. The van der Waals surface area contributed by atoms with Gasteiger partial charge >= 0.3 is 12.2 Å². The predicted molar refractivity (Wildman–Crippen MR) is 97.6 cm³/mol. The fourth-order valence-corrected chi connectivity index (χ4v) is 4.07. The van der Waals surface area contributed by atoms with Crippen LogP contribution in [0.2, 0.25) is 0 Å². The van der Waals surface area contributed by atoms with Gasteiger partial charge < -0.3 is 19.7 Å². The lowest BCUT2D eigenvalue weighted by Crippen LogP contribution is -2.64. The first-order chi connectivity index (χ1) is 12.2. The third kappa shape index (κ3) is 3.94. The van der Waals surface area contributed by atoms with Gasteiger partial charge in [-0.3, -0.25) is 0 Å². The number of rotatable bonds is 3. The van der Waals surface area contributed by atoms with E-state index >= 15 is 0 Å². The molecule has 1 aromatic carbocycles. The normalized spacial score (nSPS) is 27.3. The summed E-state index contributed by atoms with van der Waals surface area (Å²) in [4.78, 5) is 26.4. The molecule has 1 saturated carbocycles. The van der Waals surface area contributed by atoms with E-state index in [0.717, 1.165) is 12.0 Å². The second kappa shape index (κ2) is 6.82. The van der Waals surface area contributed by atoms with E-state index < -0.39 is 17.2 Å². The Hall–Kier alpha value is -2.24. The van der Waals surface area contributed by atoms with Crippen molar-refractivity contribution in [2.45, 2.75) is 51.9 Å². The Morgan fingerprint density at radius 3 is 2.58 bits per heavy atom. The van der Waals surface area contributed by atoms with E-state index in [1.165, 1.54) is 0 Å². The second-order valence-electron chi connectivity index (χ2n) is 8.49. The predicted octanol–water partition coefficient (Wildman–Crippen LogP) is 3.56. The van der Waals surface area contributed by atoms with Crippen LogP contribution in [0.25, 0.3) is 0 Å². The van der Waals surface area contributed by atoms with Crippen LogP contribution in [0.15, 0.2) is 30.3 Å². The van der Waals surface area contributed by atoms with Gasteiger partial charge in [0.25, 0.3) is 0 Å². The Bertz CT molecular complexity index is 670. The minimum atomic E-state index is -0.543. The van der Waals surface area contributed by atoms with Crippen molar-refractivity contribution in [1.29, 1.82) is 0 Å². The van der Waals surface area contributed by atoms with Gasteiger partial charge in [0.1, 0.15) is 12.2 Å². The van der Waals surface area contributed by atoms with Gasteiger partial charge in [-0.05, 0) is 38.7 Å². The number of nitrogens with zero attached hydrogens (tertiary/aromatic N) is 1. The van der Waals surface area contributed by atoms with Gasteiger partial charge in [-0.2, -0.15) is 0 Å². The first kappa shape index (κ1) is 18.5. The lowest BCUT2D eigenvalue weighted by molar-refractivity contribution is 0.0172. The minimum Gasteiger partial charge on any atom is -0.445 e. The molecule has 0 spiro atoms. The molecule has 1 aliphatic heterocycles. The Morgan fingerprint density at radius 2 is 1.96 bits per heavy atom. The lowest BCUT2D eigenvalue weighted by Gasteiger charge is -2.49. The third-order valence-electron chi connectivity index (χ3n) is 5.19. The van der Waals surface area contributed by atoms with Crippen LogP contribution in [0, 0.1) is 11.8 Å². The molecule has 3 rings (SSSR count). The lowest BCUT2D eigenvalue weighted by atomic mass is 9.62.